The molecule has 0 saturated heterocycles. The number of carbonyl (C=O) groups excluding carboxylic acids is 2. The van der Waals surface area contributed by atoms with E-state index in [9.17, 15) is 9.59 Å². The van der Waals surface area contributed by atoms with Gasteiger partial charge in [0.25, 0.3) is 0 Å². The van der Waals surface area contributed by atoms with E-state index in [1.165, 1.54) is 0 Å². The summed E-state index contributed by atoms with van der Waals surface area (Å²) in [5.74, 6) is -0.387. The third-order valence-corrected chi connectivity index (χ3v) is 3.45. The Morgan fingerprint density at radius 2 is 1.85 bits per heavy atom. The maximum absolute atomic E-state index is 11.7. The van der Waals surface area contributed by atoms with Gasteiger partial charge in [-0.05, 0) is 6.42 Å². The van der Waals surface area contributed by atoms with Crippen LogP contribution in [0.5, 0.6) is 0 Å². The van der Waals surface area contributed by atoms with E-state index in [2.05, 4.69) is 19.2 Å². The van der Waals surface area contributed by atoms with E-state index in [0.717, 1.165) is 6.54 Å². The Bertz CT molecular complexity index is 323. The van der Waals surface area contributed by atoms with Crippen molar-refractivity contribution in [3.8, 4) is 0 Å². The zero-order valence-corrected chi connectivity index (χ0v) is 12.8. The Morgan fingerprint density at radius 1 is 1.20 bits per heavy atom. The summed E-state index contributed by atoms with van der Waals surface area (Å²) >= 11 is 0. The molecule has 1 saturated carbocycles. The molecule has 0 amide bonds. The lowest BCUT2D eigenvalue weighted by Crippen LogP contribution is -2.27. The minimum absolute atomic E-state index is 0. The smallest absolute Gasteiger partial charge is 0.146 e. The average Bonchev–Trinajstić information content (AvgIpc) is 2.62. The molecule has 1 aliphatic carbocycles. The topological polar surface area (TPSA) is 64.6 Å². The molecule has 118 valence electrons. The Balaban J connectivity index is 0.00000400. The van der Waals surface area contributed by atoms with E-state index < -0.39 is 5.92 Å². The number of rotatable bonds is 10. The van der Waals surface area contributed by atoms with E-state index >= 15 is 0 Å². The normalized spacial score (nSPS) is 23.0. The van der Waals surface area contributed by atoms with Gasteiger partial charge < -0.3 is 14.8 Å². The van der Waals surface area contributed by atoms with Crippen molar-refractivity contribution in [2.75, 3.05) is 33.0 Å². The fraction of sp³-hybridized carbons (Fsp3) is 0.867. The van der Waals surface area contributed by atoms with Crippen molar-refractivity contribution >= 4 is 11.6 Å². The molecule has 0 aliphatic heterocycles. The number of ether oxygens (including phenoxy) is 2. The molecule has 20 heavy (non-hydrogen) atoms. The predicted octanol–water partition coefficient (Wildman–Crippen LogP) is 1.45. The molecule has 0 aromatic rings. The van der Waals surface area contributed by atoms with Gasteiger partial charge >= 0.3 is 0 Å². The molecule has 0 bridgehead atoms. The van der Waals surface area contributed by atoms with Crippen LogP contribution in [0, 0.1) is 11.8 Å². The van der Waals surface area contributed by atoms with Gasteiger partial charge in [0.05, 0.1) is 25.7 Å². The second-order valence-electron chi connectivity index (χ2n) is 5.65. The maximum Gasteiger partial charge on any atom is 0.146 e. The van der Waals surface area contributed by atoms with Gasteiger partial charge in [-0.15, -0.1) is 0 Å². The molecule has 2 unspecified atom stereocenters. The Labute approximate surface area is 122 Å². The van der Waals surface area contributed by atoms with Crippen LogP contribution in [0.3, 0.4) is 0 Å². The highest BCUT2D eigenvalue weighted by molar-refractivity contribution is 6.09. The molecule has 2 atom stereocenters. The molecule has 1 fully saturated rings. The number of Topliss-reactive ketones (excluding diaryl/α,β-unsaturated/α-hetero) is 2. The summed E-state index contributed by atoms with van der Waals surface area (Å²) in [6, 6.07) is 0.471. The molecular formula is C15H29NO4. The van der Waals surface area contributed by atoms with Crippen LogP contribution in [0.2, 0.25) is 0 Å². The van der Waals surface area contributed by atoms with Gasteiger partial charge in [0.1, 0.15) is 11.6 Å². The van der Waals surface area contributed by atoms with Crippen molar-refractivity contribution in [2.45, 2.75) is 39.7 Å². The number of hydrogen-bond acceptors (Lipinski definition) is 5. The highest BCUT2D eigenvalue weighted by Gasteiger charge is 2.37. The summed E-state index contributed by atoms with van der Waals surface area (Å²) in [4.78, 5) is 23.3. The highest BCUT2D eigenvalue weighted by Crippen LogP contribution is 2.25. The summed E-state index contributed by atoms with van der Waals surface area (Å²) in [6.07, 6.45) is 0.909. The van der Waals surface area contributed by atoms with E-state index in [1.807, 2.05) is 6.92 Å². The molecule has 5 heteroatoms. The van der Waals surface area contributed by atoms with Crippen LogP contribution < -0.4 is 5.32 Å². The minimum atomic E-state index is -0.429. The number of nitrogens with one attached hydrogen (secondary N) is 1. The van der Waals surface area contributed by atoms with Crippen LogP contribution in [0.25, 0.3) is 0 Å². The predicted molar refractivity (Wildman–Crippen MR) is 78.8 cm³/mol. The van der Waals surface area contributed by atoms with Crippen LogP contribution in [0.15, 0.2) is 0 Å². The zero-order chi connectivity index (χ0) is 15.0. The lowest BCUT2D eigenvalue weighted by molar-refractivity contribution is -0.128. The number of hydrogen-bond donors (Lipinski definition) is 1. The average molecular weight is 287 g/mol. The lowest BCUT2D eigenvalue weighted by Gasteiger charge is -2.10. The highest BCUT2D eigenvalue weighted by atomic mass is 16.5. The second kappa shape index (κ2) is 9.21. The zero-order valence-electron chi connectivity index (χ0n) is 12.8. The SMILES string of the molecule is CC(C)NCCOCCOCCC1C(=O)CC(C)C1=O.[HH]. The van der Waals surface area contributed by atoms with Gasteiger partial charge in [0.15, 0.2) is 0 Å². The summed E-state index contributed by atoms with van der Waals surface area (Å²) in [5, 5.41) is 3.26. The molecule has 0 radical (unpaired) electrons. The first-order valence-electron chi connectivity index (χ1n) is 7.47. The summed E-state index contributed by atoms with van der Waals surface area (Å²) < 4.78 is 10.8. The first kappa shape index (κ1) is 17.3. The van der Waals surface area contributed by atoms with Crippen molar-refractivity contribution in [1.82, 2.24) is 5.32 Å². The molecule has 1 rings (SSSR count). The van der Waals surface area contributed by atoms with Crippen molar-refractivity contribution in [3.63, 3.8) is 0 Å². The van der Waals surface area contributed by atoms with E-state index in [1.54, 1.807) is 0 Å². The van der Waals surface area contributed by atoms with Crippen molar-refractivity contribution in [2.24, 2.45) is 11.8 Å². The van der Waals surface area contributed by atoms with Crippen molar-refractivity contribution in [1.29, 1.82) is 0 Å². The minimum Gasteiger partial charge on any atom is -0.379 e. The third kappa shape index (κ3) is 6.11. The summed E-state index contributed by atoms with van der Waals surface area (Å²) in [6.45, 7) is 9.00. The molecule has 1 aliphatic rings. The molecule has 0 aromatic heterocycles. The first-order chi connectivity index (χ1) is 9.52. The molecular weight excluding hydrogens is 258 g/mol. The van der Waals surface area contributed by atoms with Crippen LogP contribution in [0.4, 0.5) is 0 Å². The summed E-state index contributed by atoms with van der Waals surface area (Å²) in [5.41, 5.74) is 0. The van der Waals surface area contributed by atoms with Gasteiger partial charge in [-0.2, -0.15) is 0 Å². The maximum atomic E-state index is 11.7. The number of carbonyl (C=O) groups is 2. The summed E-state index contributed by atoms with van der Waals surface area (Å²) in [7, 11) is 0. The Kier molecular flexibility index (Phi) is 7.95. The fourth-order valence-corrected chi connectivity index (χ4v) is 2.29. The Morgan fingerprint density at radius 3 is 2.40 bits per heavy atom. The second-order valence-corrected chi connectivity index (χ2v) is 5.65. The molecule has 1 N–H and O–H groups in total. The lowest BCUT2D eigenvalue weighted by atomic mass is 10.0. The molecule has 0 spiro atoms. The molecule has 0 aromatic carbocycles. The standard InChI is InChI=1S/C15H27NO4.H2/c1-11(2)16-5-7-20-9-8-19-6-4-13-14(17)10-12(3)15(13)18;/h11-13,16H,4-10H2,1-3H3;1H. The Hall–Kier alpha value is -0.780. The monoisotopic (exact) mass is 287 g/mol. The fourth-order valence-electron chi connectivity index (χ4n) is 2.29. The van der Waals surface area contributed by atoms with E-state index in [0.29, 0.717) is 45.3 Å². The molecule has 5 nitrogen and oxygen atoms in total. The quantitative estimate of drug-likeness (QED) is 0.486. The number of ketones is 2. The first-order valence-corrected chi connectivity index (χ1v) is 7.47. The van der Waals surface area contributed by atoms with Crippen LogP contribution >= 0.6 is 0 Å². The van der Waals surface area contributed by atoms with Gasteiger partial charge in [0, 0.05) is 33.0 Å². The van der Waals surface area contributed by atoms with Gasteiger partial charge in [0.2, 0.25) is 0 Å². The van der Waals surface area contributed by atoms with Gasteiger partial charge in [-0.3, -0.25) is 9.59 Å². The van der Waals surface area contributed by atoms with Crippen LogP contribution in [-0.4, -0.2) is 50.6 Å². The van der Waals surface area contributed by atoms with Crippen molar-refractivity contribution in [3.05, 3.63) is 0 Å². The van der Waals surface area contributed by atoms with Crippen LogP contribution in [-0.2, 0) is 19.1 Å². The largest absolute Gasteiger partial charge is 0.379 e. The van der Waals surface area contributed by atoms with Crippen molar-refractivity contribution < 1.29 is 20.5 Å². The molecule has 0 heterocycles. The van der Waals surface area contributed by atoms with Gasteiger partial charge in [-0.1, -0.05) is 20.8 Å². The van der Waals surface area contributed by atoms with Gasteiger partial charge in [-0.25, -0.2) is 0 Å². The van der Waals surface area contributed by atoms with Crippen LogP contribution in [0.1, 0.15) is 35.0 Å². The van der Waals surface area contributed by atoms with E-state index in [4.69, 9.17) is 9.47 Å². The third-order valence-electron chi connectivity index (χ3n) is 3.45. The van der Waals surface area contributed by atoms with E-state index in [-0.39, 0.29) is 18.9 Å².